The molecule has 1 fully saturated rings. The summed E-state index contributed by atoms with van der Waals surface area (Å²) in [6.45, 7) is 10.2. The molecule has 1 N–H and O–H groups in total. The van der Waals surface area contributed by atoms with E-state index in [4.69, 9.17) is 0 Å². The van der Waals surface area contributed by atoms with E-state index in [1.54, 1.807) is 11.3 Å². The second-order valence-electron chi connectivity index (χ2n) is 5.29. The highest BCUT2D eigenvalue weighted by Crippen LogP contribution is 2.25. The van der Waals surface area contributed by atoms with Gasteiger partial charge in [-0.1, -0.05) is 13.3 Å². The van der Waals surface area contributed by atoms with Crippen molar-refractivity contribution in [1.82, 2.24) is 15.2 Å². The van der Waals surface area contributed by atoms with Crippen LogP contribution in [0.1, 0.15) is 49.9 Å². The first-order valence-electron chi connectivity index (χ1n) is 7.10. The van der Waals surface area contributed by atoms with Gasteiger partial charge in [0.2, 0.25) is 0 Å². The first-order chi connectivity index (χ1) is 8.70. The molecule has 2 rings (SSSR count). The Morgan fingerprint density at radius 1 is 1.61 bits per heavy atom. The highest BCUT2D eigenvalue weighted by Gasteiger charge is 2.23. The van der Waals surface area contributed by atoms with Crippen molar-refractivity contribution in [1.29, 1.82) is 0 Å². The minimum absolute atomic E-state index is 0.461. The molecule has 4 heteroatoms. The number of thiazole rings is 1. The molecular weight excluding hydrogens is 242 g/mol. The molecular formula is C14H25N3S. The number of aryl methyl sites for hydroxylation is 1. The van der Waals surface area contributed by atoms with Crippen molar-refractivity contribution < 1.29 is 0 Å². The van der Waals surface area contributed by atoms with Crippen LogP contribution in [0.4, 0.5) is 0 Å². The van der Waals surface area contributed by atoms with Gasteiger partial charge in [0.15, 0.2) is 0 Å². The largest absolute Gasteiger partial charge is 0.313 e. The molecule has 3 nitrogen and oxygen atoms in total. The standard InChI is InChI=1S/C14H25N3S/c1-4-6-13-9-17(8-5-7-15-13)12(3)14-16-11(2)10-18-14/h10,12-13,15H,4-9H2,1-3H3. The molecule has 1 aromatic heterocycles. The summed E-state index contributed by atoms with van der Waals surface area (Å²) in [4.78, 5) is 7.24. The van der Waals surface area contributed by atoms with Gasteiger partial charge >= 0.3 is 0 Å². The maximum atomic E-state index is 4.64. The Morgan fingerprint density at radius 2 is 2.44 bits per heavy atom. The summed E-state index contributed by atoms with van der Waals surface area (Å²) in [5.74, 6) is 0. The summed E-state index contributed by atoms with van der Waals surface area (Å²) in [5, 5.41) is 7.09. The zero-order valence-corrected chi connectivity index (χ0v) is 12.6. The fourth-order valence-electron chi connectivity index (χ4n) is 2.64. The van der Waals surface area contributed by atoms with Gasteiger partial charge in [0.25, 0.3) is 0 Å². The molecule has 1 aliphatic heterocycles. The lowest BCUT2D eigenvalue weighted by Crippen LogP contribution is -2.38. The van der Waals surface area contributed by atoms with E-state index in [0.717, 1.165) is 18.8 Å². The molecule has 1 aromatic rings. The number of hydrogen-bond donors (Lipinski definition) is 1. The Bertz CT molecular complexity index is 364. The van der Waals surface area contributed by atoms with Crippen molar-refractivity contribution in [2.24, 2.45) is 0 Å². The van der Waals surface area contributed by atoms with E-state index in [1.165, 1.54) is 30.8 Å². The molecule has 0 bridgehead atoms. The maximum Gasteiger partial charge on any atom is 0.110 e. The summed E-state index contributed by atoms with van der Waals surface area (Å²) < 4.78 is 0. The smallest absolute Gasteiger partial charge is 0.110 e. The molecule has 0 spiro atoms. The van der Waals surface area contributed by atoms with Crippen molar-refractivity contribution in [2.45, 2.75) is 52.1 Å². The topological polar surface area (TPSA) is 28.2 Å². The van der Waals surface area contributed by atoms with Crippen molar-refractivity contribution in [3.63, 3.8) is 0 Å². The quantitative estimate of drug-likeness (QED) is 0.909. The van der Waals surface area contributed by atoms with Crippen molar-refractivity contribution in [2.75, 3.05) is 19.6 Å². The minimum Gasteiger partial charge on any atom is -0.313 e. The molecule has 0 aromatic carbocycles. The van der Waals surface area contributed by atoms with Crippen LogP contribution in [0.15, 0.2) is 5.38 Å². The molecule has 2 atom stereocenters. The van der Waals surface area contributed by atoms with Gasteiger partial charge in [0.05, 0.1) is 6.04 Å². The van der Waals surface area contributed by atoms with Crippen LogP contribution in [0.25, 0.3) is 0 Å². The monoisotopic (exact) mass is 267 g/mol. The van der Waals surface area contributed by atoms with Crippen LogP contribution in [0.3, 0.4) is 0 Å². The first-order valence-corrected chi connectivity index (χ1v) is 7.98. The van der Waals surface area contributed by atoms with Crippen molar-refractivity contribution in [3.8, 4) is 0 Å². The molecule has 0 saturated carbocycles. The molecule has 102 valence electrons. The number of aromatic nitrogens is 1. The van der Waals surface area contributed by atoms with Crippen LogP contribution in [0.5, 0.6) is 0 Å². The van der Waals surface area contributed by atoms with E-state index in [2.05, 4.69) is 41.4 Å². The first kappa shape index (κ1) is 14.0. The fourth-order valence-corrected chi connectivity index (χ4v) is 3.53. The Labute approximate surface area is 115 Å². The Hall–Kier alpha value is -0.450. The van der Waals surface area contributed by atoms with Crippen LogP contribution >= 0.6 is 11.3 Å². The van der Waals surface area contributed by atoms with E-state index in [0.29, 0.717) is 12.1 Å². The molecule has 2 unspecified atom stereocenters. The van der Waals surface area contributed by atoms with E-state index < -0.39 is 0 Å². The van der Waals surface area contributed by atoms with Gasteiger partial charge in [-0.3, -0.25) is 4.90 Å². The normalized spacial score (nSPS) is 23.8. The third kappa shape index (κ3) is 3.53. The second-order valence-corrected chi connectivity index (χ2v) is 6.18. The average Bonchev–Trinajstić information content (AvgIpc) is 2.65. The lowest BCUT2D eigenvalue weighted by molar-refractivity contribution is 0.203. The Kier molecular flexibility index (Phi) is 5.15. The molecule has 0 radical (unpaired) electrons. The Balaban J connectivity index is 2.01. The average molecular weight is 267 g/mol. The molecule has 1 saturated heterocycles. The van der Waals surface area contributed by atoms with Gasteiger partial charge < -0.3 is 5.32 Å². The second kappa shape index (κ2) is 6.64. The van der Waals surface area contributed by atoms with E-state index in [-0.39, 0.29) is 0 Å². The van der Waals surface area contributed by atoms with E-state index in [1.807, 2.05) is 0 Å². The number of nitrogens with one attached hydrogen (secondary N) is 1. The summed E-state index contributed by atoms with van der Waals surface area (Å²) in [7, 11) is 0. The third-order valence-corrected chi connectivity index (χ3v) is 4.82. The van der Waals surface area contributed by atoms with Gasteiger partial charge in [0, 0.05) is 30.2 Å². The maximum absolute atomic E-state index is 4.64. The van der Waals surface area contributed by atoms with E-state index in [9.17, 15) is 0 Å². The molecule has 0 amide bonds. The van der Waals surface area contributed by atoms with Crippen LogP contribution in [-0.2, 0) is 0 Å². The van der Waals surface area contributed by atoms with Gasteiger partial charge in [-0.15, -0.1) is 11.3 Å². The number of rotatable bonds is 4. The third-order valence-electron chi connectivity index (χ3n) is 3.69. The molecule has 2 heterocycles. The highest BCUT2D eigenvalue weighted by molar-refractivity contribution is 7.09. The summed E-state index contributed by atoms with van der Waals surface area (Å²) in [6.07, 6.45) is 3.78. The van der Waals surface area contributed by atoms with Crippen molar-refractivity contribution >= 4 is 11.3 Å². The number of nitrogens with zero attached hydrogens (tertiary/aromatic N) is 2. The van der Waals surface area contributed by atoms with Gasteiger partial charge in [0.1, 0.15) is 5.01 Å². The van der Waals surface area contributed by atoms with Gasteiger partial charge in [-0.05, 0) is 33.2 Å². The summed E-state index contributed by atoms with van der Waals surface area (Å²) >= 11 is 1.80. The summed E-state index contributed by atoms with van der Waals surface area (Å²) in [6, 6.07) is 1.11. The van der Waals surface area contributed by atoms with Crippen LogP contribution < -0.4 is 5.32 Å². The highest BCUT2D eigenvalue weighted by atomic mass is 32.1. The lowest BCUT2D eigenvalue weighted by atomic mass is 10.1. The van der Waals surface area contributed by atoms with Crippen LogP contribution in [-0.4, -0.2) is 35.6 Å². The Morgan fingerprint density at radius 3 is 3.11 bits per heavy atom. The predicted molar refractivity (Wildman–Crippen MR) is 78.2 cm³/mol. The van der Waals surface area contributed by atoms with Crippen molar-refractivity contribution in [3.05, 3.63) is 16.1 Å². The van der Waals surface area contributed by atoms with Crippen LogP contribution in [0.2, 0.25) is 0 Å². The van der Waals surface area contributed by atoms with Gasteiger partial charge in [-0.25, -0.2) is 4.98 Å². The van der Waals surface area contributed by atoms with Gasteiger partial charge in [-0.2, -0.15) is 0 Å². The SMILES string of the molecule is CCCC1CN(C(C)c2nc(C)cs2)CCCN1. The zero-order chi connectivity index (χ0) is 13.0. The number of hydrogen-bond acceptors (Lipinski definition) is 4. The molecule has 18 heavy (non-hydrogen) atoms. The lowest BCUT2D eigenvalue weighted by Gasteiger charge is -2.28. The molecule has 0 aliphatic carbocycles. The predicted octanol–water partition coefficient (Wildman–Crippen LogP) is 2.98. The van der Waals surface area contributed by atoms with Crippen LogP contribution in [0, 0.1) is 6.92 Å². The minimum atomic E-state index is 0.461. The molecule has 1 aliphatic rings. The van der Waals surface area contributed by atoms with E-state index >= 15 is 0 Å². The zero-order valence-electron chi connectivity index (χ0n) is 11.8. The summed E-state index contributed by atoms with van der Waals surface area (Å²) in [5.41, 5.74) is 1.15. The fraction of sp³-hybridized carbons (Fsp3) is 0.786.